The molecule has 0 saturated carbocycles. The van der Waals surface area contributed by atoms with Crippen molar-refractivity contribution in [1.29, 1.82) is 0 Å². The monoisotopic (exact) mass is 386 g/mol. The van der Waals surface area contributed by atoms with Crippen LogP contribution in [0.25, 0.3) is 0 Å². The molecule has 0 unspecified atom stereocenters. The van der Waals surface area contributed by atoms with Crippen molar-refractivity contribution in [2.24, 2.45) is 0 Å². The van der Waals surface area contributed by atoms with E-state index in [4.69, 9.17) is 23.2 Å². The van der Waals surface area contributed by atoms with Crippen molar-refractivity contribution in [2.45, 2.75) is 18.2 Å². The maximum absolute atomic E-state index is 12.3. The molecule has 8 heteroatoms. The van der Waals surface area contributed by atoms with Crippen LogP contribution in [0.2, 0.25) is 10.0 Å². The van der Waals surface area contributed by atoms with Gasteiger partial charge in [-0.1, -0.05) is 36.2 Å². The average molecular weight is 387 g/mol. The first-order chi connectivity index (χ1) is 11.3. The Morgan fingerprint density at radius 2 is 1.62 bits per heavy atom. The summed E-state index contributed by atoms with van der Waals surface area (Å²) in [6.07, 6.45) is 0.700. The van der Waals surface area contributed by atoms with Gasteiger partial charge in [0.2, 0.25) is 10.0 Å². The fraction of sp³-hybridized carbons (Fsp3) is 0.188. The first-order valence-corrected chi connectivity index (χ1v) is 9.44. The summed E-state index contributed by atoms with van der Waals surface area (Å²) in [6, 6.07) is 10.6. The van der Waals surface area contributed by atoms with Crippen molar-refractivity contribution < 1.29 is 13.2 Å². The van der Waals surface area contributed by atoms with Crippen LogP contribution < -0.4 is 10.0 Å². The zero-order chi connectivity index (χ0) is 17.7. The molecule has 0 saturated heterocycles. The molecule has 0 radical (unpaired) electrons. The number of rotatable bonds is 6. The predicted molar refractivity (Wildman–Crippen MR) is 96.3 cm³/mol. The number of anilines is 1. The van der Waals surface area contributed by atoms with Gasteiger partial charge in [-0.25, -0.2) is 13.1 Å². The topological polar surface area (TPSA) is 75.3 Å². The summed E-state index contributed by atoms with van der Waals surface area (Å²) in [6.45, 7) is 2.24. The Morgan fingerprint density at radius 1 is 1.04 bits per heavy atom. The fourth-order valence-electron chi connectivity index (χ4n) is 1.95. The van der Waals surface area contributed by atoms with Crippen molar-refractivity contribution in [3.8, 4) is 0 Å². The molecule has 0 aliphatic heterocycles. The highest BCUT2D eigenvalue weighted by Crippen LogP contribution is 2.25. The van der Waals surface area contributed by atoms with E-state index < -0.39 is 15.9 Å². The SMILES string of the molecule is CCCNS(=O)(=O)c1ccc(NC(=O)c2c(Cl)cccc2Cl)cc1. The molecule has 1 amide bonds. The zero-order valence-corrected chi connectivity index (χ0v) is 15.2. The molecule has 2 N–H and O–H groups in total. The third kappa shape index (κ3) is 4.48. The van der Waals surface area contributed by atoms with Crippen LogP contribution in [0.1, 0.15) is 23.7 Å². The van der Waals surface area contributed by atoms with E-state index in [0.717, 1.165) is 0 Å². The second-order valence-corrected chi connectivity index (χ2v) is 7.55. The molecule has 2 rings (SSSR count). The van der Waals surface area contributed by atoms with Gasteiger partial charge in [0.1, 0.15) is 0 Å². The molecule has 0 aromatic heterocycles. The highest BCUT2D eigenvalue weighted by molar-refractivity contribution is 7.89. The minimum absolute atomic E-state index is 0.129. The lowest BCUT2D eigenvalue weighted by Gasteiger charge is -2.10. The first kappa shape index (κ1) is 18.7. The van der Waals surface area contributed by atoms with Crippen LogP contribution in [0.3, 0.4) is 0 Å². The van der Waals surface area contributed by atoms with Crippen molar-refractivity contribution in [3.05, 3.63) is 58.1 Å². The van der Waals surface area contributed by atoms with E-state index in [2.05, 4.69) is 10.0 Å². The quantitative estimate of drug-likeness (QED) is 0.789. The highest BCUT2D eigenvalue weighted by Gasteiger charge is 2.16. The lowest BCUT2D eigenvalue weighted by Crippen LogP contribution is -2.24. The van der Waals surface area contributed by atoms with Crippen LogP contribution in [0.5, 0.6) is 0 Å². The number of amides is 1. The Morgan fingerprint density at radius 3 is 2.17 bits per heavy atom. The third-order valence-electron chi connectivity index (χ3n) is 3.15. The molecule has 0 bridgehead atoms. The van der Waals surface area contributed by atoms with E-state index in [9.17, 15) is 13.2 Å². The van der Waals surface area contributed by atoms with E-state index in [1.165, 1.54) is 24.3 Å². The maximum Gasteiger partial charge on any atom is 0.258 e. The molecular formula is C16H16Cl2N2O3S. The van der Waals surface area contributed by atoms with E-state index in [1.807, 2.05) is 6.92 Å². The lowest BCUT2D eigenvalue weighted by atomic mass is 10.2. The number of hydrogen-bond acceptors (Lipinski definition) is 3. The number of carbonyl (C=O) groups is 1. The van der Waals surface area contributed by atoms with Gasteiger partial charge >= 0.3 is 0 Å². The van der Waals surface area contributed by atoms with Crippen molar-refractivity contribution in [1.82, 2.24) is 4.72 Å². The normalized spacial score (nSPS) is 11.3. The first-order valence-electron chi connectivity index (χ1n) is 7.20. The number of nitrogens with one attached hydrogen (secondary N) is 2. The molecule has 2 aromatic rings. The summed E-state index contributed by atoms with van der Waals surface area (Å²) in [5, 5.41) is 3.12. The predicted octanol–water partition coefficient (Wildman–Crippen LogP) is 3.93. The molecule has 5 nitrogen and oxygen atoms in total. The van der Waals surface area contributed by atoms with E-state index in [0.29, 0.717) is 18.7 Å². The van der Waals surface area contributed by atoms with Gasteiger partial charge in [-0.3, -0.25) is 4.79 Å². The van der Waals surface area contributed by atoms with Crippen LogP contribution >= 0.6 is 23.2 Å². The summed E-state index contributed by atoms with van der Waals surface area (Å²) >= 11 is 12.0. The van der Waals surface area contributed by atoms with Gasteiger partial charge in [0.05, 0.1) is 20.5 Å². The van der Waals surface area contributed by atoms with Gasteiger partial charge in [-0.15, -0.1) is 0 Å². The molecular weight excluding hydrogens is 371 g/mol. The second-order valence-electron chi connectivity index (χ2n) is 4.97. The van der Waals surface area contributed by atoms with Crippen molar-refractivity contribution >= 4 is 44.8 Å². The molecule has 0 aliphatic rings. The smallest absolute Gasteiger partial charge is 0.258 e. The second kappa shape index (κ2) is 7.98. The molecule has 0 atom stereocenters. The number of carbonyl (C=O) groups excluding carboxylic acids is 1. The van der Waals surface area contributed by atoms with E-state index >= 15 is 0 Å². The number of benzene rings is 2. The van der Waals surface area contributed by atoms with E-state index in [1.54, 1.807) is 18.2 Å². The Kier molecular flexibility index (Phi) is 6.23. The summed E-state index contributed by atoms with van der Waals surface area (Å²) in [4.78, 5) is 12.4. The van der Waals surface area contributed by atoms with Gasteiger partial charge in [0.15, 0.2) is 0 Å². The Hall–Kier alpha value is -1.60. The van der Waals surface area contributed by atoms with Gasteiger partial charge in [0.25, 0.3) is 5.91 Å². The van der Waals surface area contributed by atoms with E-state index in [-0.39, 0.29) is 20.5 Å². The number of sulfonamides is 1. The molecule has 0 spiro atoms. The summed E-state index contributed by atoms with van der Waals surface area (Å²) < 4.78 is 26.5. The Balaban J connectivity index is 2.16. The molecule has 24 heavy (non-hydrogen) atoms. The summed E-state index contributed by atoms with van der Waals surface area (Å²) in [5.41, 5.74) is 0.604. The highest BCUT2D eigenvalue weighted by atomic mass is 35.5. The third-order valence-corrected chi connectivity index (χ3v) is 5.26. The molecule has 0 fully saturated rings. The standard InChI is InChI=1S/C16H16Cl2N2O3S/c1-2-10-19-24(22,23)12-8-6-11(7-9-12)20-16(21)15-13(17)4-3-5-14(15)18/h3-9,19H,2,10H2,1H3,(H,20,21). The van der Waals surface area contributed by atoms with Crippen molar-refractivity contribution in [3.63, 3.8) is 0 Å². The summed E-state index contributed by atoms with van der Waals surface area (Å²) in [5.74, 6) is -0.467. The van der Waals surface area contributed by atoms with Crippen LogP contribution in [0.15, 0.2) is 47.4 Å². The van der Waals surface area contributed by atoms with Gasteiger partial charge < -0.3 is 5.32 Å². The van der Waals surface area contributed by atoms with Gasteiger partial charge in [-0.05, 0) is 42.8 Å². The fourth-order valence-corrected chi connectivity index (χ4v) is 3.65. The Bertz CT molecular complexity index is 817. The largest absolute Gasteiger partial charge is 0.322 e. The average Bonchev–Trinajstić information content (AvgIpc) is 2.53. The van der Waals surface area contributed by atoms with Gasteiger partial charge in [0, 0.05) is 12.2 Å². The van der Waals surface area contributed by atoms with Crippen LogP contribution in [-0.2, 0) is 10.0 Å². The molecule has 2 aromatic carbocycles. The van der Waals surface area contributed by atoms with Crippen LogP contribution in [0, 0.1) is 0 Å². The minimum atomic E-state index is -3.54. The summed E-state index contributed by atoms with van der Waals surface area (Å²) in [7, 11) is -3.54. The molecule has 0 heterocycles. The van der Waals surface area contributed by atoms with Crippen molar-refractivity contribution in [2.75, 3.05) is 11.9 Å². The van der Waals surface area contributed by atoms with Crippen LogP contribution in [-0.4, -0.2) is 20.9 Å². The minimum Gasteiger partial charge on any atom is -0.322 e. The number of halogens is 2. The molecule has 128 valence electrons. The maximum atomic E-state index is 12.3. The van der Waals surface area contributed by atoms with Crippen LogP contribution in [0.4, 0.5) is 5.69 Å². The zero-order valence-electron chi connectivity index (χ0n) is 12.8. The van der Waals surface area contributed by atoms with Gasteiger partial charge in [-0.2, -0.15) is 0 Å². The lowest BCUT2D eigenvalue weighted by molar-refractivity contribution is 0.102. The number of hydrogen-bond donors (Lipinski definition) is 2. The molecule has 0 aliphatic carbocycles. The Labute approximate surface area is 151 Å².